The van der Waals surface area contributed by atoms with Crippen molar-refractivity contribution in [2.45, 2.75) is 12.8 Å². The number of methoxy groups -OCH3 is 2. The van der Waals surface area contributed by atoms with Gasteiger partial charge in [-0.15, -0.1) is 0 Å². The molecule has 1 aliphatic carbocycles. The highest BCUT2D eigenvalue weighted by atomic mass is 16.5. The minimum absolute atomic E-state index is 0.0584. The highest BCUT2D eigenvalue weighted by Crippen LogP contribution is 2.38. The lowest BCUT2D eigenvalue weighted by Gasteiger charge is -2.26. The molecule has 1 aromatic carbocycles. The summed E-state index contributed by atoms with van der Waals surface area (Å²) in [5.74, 6) is 0. The fourth-order valence-corrected chi connectivity index (χ4v) is 3.34. The summed E-state index contributed by atoms with van der Waals surface area (Å²) in [5.41, 5.74) is 4.96. The number of fused-ring (bicyclic) bond motifs is 1. The second-order valence-electron chi connectivity index (χ2n) is 5.92. The van der Waals surface area contributed by atoms with Gasteiger partial charge in [-0.1, -0.05) is 30.3 Å². The van der Waals surface area contributed by atoms with E-state index in [1.807, 2.05) is 24.4 Å². The van der Waals surface area contributed by atoms with Crippen molar-refractivity contribution in [2.75, 3.05) is 27.4 Å². The summed E-state index contributed by atoms with van der Waals surface area (Å²) in [6.07, 6.45) is 3.99. The Bertz CT molecular complexity index is 604. The predicted molar refractivity (Wildman–Crippen MR) is 83.3 cm³/mol. The zero-order valence-electron chi connectivity index (χ0n) is 12.6. The van der Waals surface area contributed by atoms with Crippen molar-refractivity contribution in [1.29, 1.82) is 0 Å². The monoisotopic (exact) mass is 283 g/mol. The van der Waals surface area contributed by atoms with Crippen LogP contribution in [0.4, 0.5) is 0 Å². The summed E-state index contributed by atoms with van der Waals surface area (Å²) in [6.45, 7) is 1.44. The molecule has 2 aromatic rings. The highest BCUT2D eigenvalue weighted by molar-refractivity contribution is 5.60. The van der Waals surface area contributed by atoms with Gasteiger partial charge in [0.05, 0.1) is 18.9 Å². The van der Waals surface area contributed by atoms with E-state index < -0.39 is 0 Å². The average molecular weight is 283 g/mol. The van der Waals surface area contributed by atoms with Crippen molar-refractivity contribution < 1.29 is 9.47 Å². The number of nitrogens with zero attached hydrogens (tertiary/aromatic N) is 1. The molecule has 3 rings (SSSR count). The van der Waals surface area contributed by atoms with E-state index in [9.17, 15) is 0 Å². The van der Waals surface area contributed by atoms with Gasteiger partial charge in [-0.05, 0) is 30.0 Å². The molecule has 0 saturated carbocycles. The lowest BCUT2D eigenvalue weighted by molar-refractivity contribution is 0.0168. The van der Waals surface area contributed by atoms with E-state index in [4.69, 9.17) is 9.47 Å². The van der Waals surface area contributed by atoms with E-state index in [-0.39, 0.29) is 5.41 Å². The number of aromatic nitrogens is 1. The summed E-state index contributed by atoms with van der Waals surface area (Å²) in [7, 11) is 3.52. The van der Waals surface area contributed by atoms with E-state index in [0.29, 0.717) is 0 Å². The Morgan fingerprint density at radius 3 is 2.33 bits per heavy atom. The summed E-state index contributed by atoms with van der Waals surface area (Å²) in [6, 6.07) is 12.5. The molecule has 0 unspecified atom stereocenters. The molecule has 0 atom stereocenters. The molecule has 1 heterocycles. The minimum Gasteiger partial charge on any atom is -0.384 e. The summed E-state index contributed by atoms with van der Waals surface area (Å²) < 4.78 is 10.9. The van der Waals surface area contributed by atoms with Crippen LogP contribution in [0.2, 0.25) is 0 Å². The Balaban J connectivity index is 1.90. The quantitative estimate of drug-likeness (QED) is 0.845. The molecule has 0 N–H and O–H groups in total. The second-order valence-corrected chi connectivity index (χ2v) is 5.92. The van der Waals surface area contributed by atoms with E-state index in [1.54, 1.807) is 14.2 Å². The zero-order valence-corrected chi connectivity index (χ0v) is 12.6. The van der Waals surface area contributed by atoms with Gasteiger partial charge in [0.2, 0.25) is 0 Å². The van der Waals surface area contributed by atoms with Gasteiger partial charge in [-0.25, -0.2) is 0 Å². The molecule has 110 valence electrons. The second kappa shape index (κ2) is 5.96. The molecule has 0 aliphatic heterocycles. The van der Waals surface area contributed by atoms with Gasteiger partial charge in [0, 0.05) is 31.4 Å². The van der Waals surface area contributed by atoms with Crippen molar-refractivity contribution in [3.8, 4) is 11.3 Å². The third-order valence-electron chi connectivity index (χ3n) is 4.18. The summed E-state index contributed by atoms with van der Waals surface area (Å²) >= 11 is 0. The molecule has 1 aliphatic rings. The molecule has 0 amide bonds. The maximum atomic E-state index is 5.43. The first-order chi connectivity index (χ1) is 10.3. The maximum absolute atomic E-state index is 5.43. The molecule has 0 radical (unpaired) electrons. The number of pyridine rings is 1. The van der Waals surface area contributed by atoms with Crippen molar-refractivity contribution in [1.82, 2.24) is 4.98 Å². The molecule has 0 saturated heterocycles. The smallest absolute Gasteiger partial charge is 0.0704 e. The van der Waals surface area contributed by atoms with Crippen LogP contribution in [-0.2, 0) is 22.3 Å². The maximum Gasteiger partial charge on any atom is 0.0704 e. The van der Waals surface area contributed by atoms with Crippen molar-refractivity contribution >= 4 is 0 Å². The Labute approximate surface area is 125 Å². The normalized spacial score (nSPS) is 15.9. The number of rotatable bonds is 5. The summed E-state index contributed by atoms with van der Waals surface area (Å²) in [4.78, 5) is 4.62. The lowest BCUT2D eigenvalue weighted by atomic mass is 9.86. The molecule has 3 heteroatoms. The van der Waals surface area contributed by atoms with E-state index in [0.717, 1.165) is 37.3 Å². The molecule has 1 aromatic heterocycles. The standard InChI is InChI=1S/C18H21NO2/c1-20-12-18(13-21-2)9-15-8-17(19-11-16(15)10-18)14-6-4-3-5-7-14/h3-8,11H,9-10,12-13H2,1-2H3. The van der Waals surface area contributed by atoms with Crippen LogP contribution in [0, 0.1) is 5.41 Å². The number of ether oxygens (including phenoxy) is 2. The van der Waals surface area contributed by atoms with Gasteiger partial charge in [-0.2, -0.15) is 0 Å². The van der Waals surface area contributed by atoms with Gasteiger partial charge >= 0.3 is 0 Å². The van der Waals surface area contributed by atoms with Crippen LogP contribution in [0.5, 0.6) is 0 Å². The van der Waals surface area contributed by atoms with Gasteiger partial charge in [0.25, 0.3) is 0 Å². The summed E-state index contributed by atoms with van der Waals surface area (Å²) in [5, 5.41) is 0. The zero-order chi connectivity index (χ0) is 14.7. The van der Waals surface area contributed by atoms with Gasteiger partial charge < -0.3 is 9.47 Å². The van der Waals surface area contributed by atoms with Crippen LogP contribution >= 0.6 is 0 Å². The molecule has 0 bridgehead atoms. The largest absolute Gasteiger partial charge is 0.384 e. The Morgan fingerprint density at radius 2 is 1.67 bits per heavy atom. The third-order valence-corrected chi connectivity index (χ3v) is 4.18. The Hall–Kier alpha value is -1.71. The molecule has 3 nitrogen and oxygen atoms in total. The topological polar surface area (TPSA) is 31.4 Å². The minimum atomic E-state index is 0.0584. The molecular weight excluding hydrogens is 262 g/mol. The highest BCUT2D eigenvalue weighted by Gasteiger charge is 2.37. The fourth-order valence-electron chi connectivity index (χ4n) is 3.34. The van der Waals surface area contributed by atoms with E-state index >= 15 is 0 Å². The van der Waals surface area contributed by atoms with Gasteiger partial charge in [0.15, 0.2) is 0 Å². The number of benzene rings is 1. The Kier molecular flexibility index (Phi) is 4.04. The number of hydrogen-bond donors (Lipinski definition) is 0. The average Bonchev–Trinajstić information content (AvgIpc) is 2.85. The van der Waals surface area contributed by atoms with Crippen LogP contribution in [0.3, 0.4) is 0 Å². The van der Waals surface area contributed by atoms with E-state index in [2.05, 4.69) is 23.2 Å². The first-order valence-electron chi connectivity index (χ1n) is 7.27. The van der Waals surface area contributed by atoms with Crippen LogP contribution in [0.25, 0.3) is 11.3 Å². The molecule has 0 fully saturated rings. The Morgan fingerprint density at radius 1 is 1.00 bits per heavy atom. The van der Waals surface area contributed by atoms with Gasteiger partial charge in [-0.3, -0.25) is 4.98 Å². The van der Waals surface area contributed by atoms with Crippen molar-refractivity contribution in [3.63, 3.8) is 0 Å². The van der Waals surface area contributed by atoms with Crippen LogP contribution in [0.1, 0.15) is 11.1 Å². The first-order valence-corrected chi connectivity index (χ1v) is 7.27. The van der Waals surface area contributed by atoms with Gasteiger partial charge in [0.1, 0.15) is 0 Å². The SMILES string of the molecule is COCC1(COC)Cc2cnc(-c3ccccc3)cc2C1. The van der Waals surface area contributed by atoms with E-state index in [1.165, 1.54) is 11.1 Å². The van der Waals surface area contributed by atoms with Crippen molar-refractivity contribution in [2.24, 2.45) is 5.41 Å². The fraction of sp³-hybridized carbons (Fsp3) is 0.389. The molecule has 0 spiro atoms. The number of hydrogen-bond acceptors (Lipinski definition) is 3. The molecule has 21 heavy (non-hydrogen) atoms. The van der Waals surface area contributed by atoms with Crippen LogP contribution in [0.15, 0.2) is 42.6 Å². The van der Waals surface area contributed by atoms with Crippen LogP contribution < -0.4 is 0 Å². The first kappa shape index (κ1) is 14.2. The lowest BCUT2D eigenvalue weighted by Crippen LogP contribution is -2.32. The van der Waals surface area contributed by atoms with Crippen LogP contribution in [-0.4, -0.2) is 32.4 Å². The molecular formula is C18H21NO2. The van der Waals surface area contributed by atoms with Crippen molar-refractivity contribution in [3.05, 3.63) is 53.7 Å². The third kappa shape index (κ3) is 2.85. The predicted octanol–water partition coefficient (Wildman–Crippen LogP) is 3.13.